The van der Waals surface area contributed by atoms with Gasteiger partial charge in [-0.15, -0.1) is 0 Å². The number of esters is 1. The molecule has 540 valence electrons. The molecule has 0 bridgehead atoms. The van der Waals surface area contributed by atoms with Gasteiger partial charge in [-0.05, 0) is 30.7 Å². The number of hydrogen-bond donors (Lipinski definition) is 3. The average Bonchev–Trinajstić information content (AvgIpc) is 1.04. The monoisotopic (exact) mass is 1340 g/mol. The quantitative estimate of drug-likeness (QED) is 0.0633. The Kier molecular flexibility index (Phi) is 55.4. The molecule has 0 aliphatic carbocycles. The Balaban J connectivity index is 2.50. The van der Waals surface area contributed by atoms with Gasteiger partial charge in [0.15, 0.2) is 23.0 Å². The summed E-state index contributed by atoms with van der Waals surface area (Å²) in [6.45, 7) is 9.90. The number of hydrogen-bond acceptors (Lipinski definition) is 29. The number of methoxy groups -OCH3 is 5. The van der Waals surface area contributed by atoms with Gasteiger partial charge in [0.1, 0.15) is 51.8 Å². The molecule has 0 radical (unpaired) electrons. The third-order valence-electron chi connectivity index (χ3n) is 12.3. The Morgan fingerprint density at radius 1 is 0.333 bits per heavy atom. The highest BCUT2D eigenvalue weighted by molar-refractivity contribution is 5.96. The van der Waals surface area contributed by atoms with E-state index in [0.717, 1.165) is 12.8 Å². The van der Waals surface area contributed by atoms with Crippen LogP contribution >= 0.6 is 0 Å². The van der Waals surface area contributed by atoms with Crippen molar-refractivity contribution in [3.05, 3.63) is 35.4 Å². The molecule has 0 aliphatic heterocycles. The lowest BCUT2D eigenvalue weighted by molar-refractivity contribution is 0.00777. The molecule has 93 heavy (non-hydrogen) atoms. The number of aliphatic hydroxyl groups excluding tert-OH is 2. The molecule has 0 spiro atoms. The van der Waals surface area contributed by atoms with Crippen molar-refractivity contribution in [2.75, 3.05) is 300 Å². The van der Waals surface area contributed by atoms with E-state index in [-0.39, 0.29) is 165 Å². The van der Waals surface area contributed by atoms with Crippen LogP contribution in [-0.2, 0) is 90.0 Å². The van der Waals surface area contributed by atoms with Gasteiger partial charge in [0.25, 0.3) is 5.91 Å². The van der Waals surface area contributed by atoms with E-state index in [1.54, 1.807) is 35.5 Å². The van der Waals surface area contributed by atoms with Gasteiger partial charge in [-0.25, -0.2) is 4.79 Å². The molecule has 0 atom stereocenters. The molecule has 0 saturated heterocycles. The first kappa shape index (κ1) is 84.5. The summed E-state index contributed by atoms with van der Waals surface area (Å²) < 4.78 is 141. The molecule has 2 aromatic carbocycles. The van der Waals surface area contributed by atoms with Crippen LogP contribution in [0.4, 0.5) is 0 Å². The van der Waals surface area contributed by atoms with E-state index in [0.29, 0.717) is 126 Å². The fourth-order valence-electron chi connectivity index (χ4n) is 7.33. The maximum atomic E-state index is 14.5. The topological polar surface area (TPSA) is 317 Å². The van der Waals surface area contributed by atoms with Crippen LogP contribution in [0.15, 0.2) is 24.3 Å². The van der Waals surface area contributed by atoms with E-state index < -0.39 is 37.2 Å². The van der Waals surface area contributed by atoms with Gasteiger partial charge in [-0.2, -0.15) is 0 Å². The molecule has 0 saturated carbocycles. The lowest BCUT2D eigenvalue weighted by atomic mass is 10.0. The predicted octanol–water partition coefficient (Wildman–Crippen LogP) is 2.52. The van der Waals surface area contributed by atoms with Crippen molar-refractivity contribution in [1.29, 1.82) is 0 Å². The highest BCUT2D eigenvalue weighted by Gasteiger charge is 2.35. The molecule has 30 heteroatoms. The number of carbonyl (C=O) groups excluding carboxylic acids is 2. The van der Waals surface area contributed by atoms with Crippen molar-refractivity contribution in [1.82, 2.24) is 5.32 Å². The lowest BCUT2D eigenvalue weighted by Crippen LogP contribution is -2.57. The first-order chi connectivity index (χ1) is 45.8. The molecule has 2 rings (SSSR count). The number of ether oxygens (including phenoxy) is 25. The van der Waals surface area contributed by atoms with Gasteiger partial charge in [0.05, 0.1) is 217 Å². The normalized spacial score (nSPS) is 11.5. The molecule has 0 aromatic heterocycles. The van der Waals surface area contributed by atoms with E-state index in [1.165, 1.54) is 24.3 Å². The molecular weight excluding hydrogens is 1230 g/mol. The number of benzene rings is 2. The maximum Gasteiger partial charge on any atom is 0.338 e. The first-order valence-corrected chi connectivity index (χ1v) is 31.6. The summed E-state index contributed by atoms with van der Waals surface area (Å²) in [7, 11) is 7.92. The zero-order valence-corrected chi connectivity index (χ0v) is 55.9. The number of aliphatic hydroxyl groups is 2. The van der Waals surface area contributed by atoms with Gasteiger partial charge < -0.3 is 134 Å². The molecule has 0 heterocycles. The molecular formula is C63H109NO29. The van der Waals surface area contributed by atoms with E-state index in [1.807, 2.05) is 0 Å². The number of unbranched alkanes of at least 4 members (excludes halogenated alkanes) is 1. The summed E-state index contributed by atoms with van der Waals surface area (Å²) in [4.78, 5) is 28.8. The highest BCUT2D eigenvalue weighted by Crippen LogP contribution is 2.41. The zero-order valence-electron chi connectivity index (χ0n) is 55.9. The van der Waals surface area contributed by atoms with Crippen LogP contribution in [0, 0.1) is 0 Å². The van der Waals surface area contributed by atoms with Crippen molar-refractivity contribution in [2.45, 2.75) is 25.3 Å². The number of amides is 1. The summed E-state index contributed by atoms with van der Waals surface area (Å²) >= 11 is 0. The van der Waals surface area contributed by atoms with Crippen LogP contribution < -0.4 is 33.7 Å². The Morgan fingerprint density at radius 3 is 0.828 bits per heavy atom. The van der Waals surface area contributed by atoms with Crippen molar-refractivity contribution in [2.24, 2.45) is 0 Å². The van der Waals surface area contributed by atoms with Crippen LogP contribution in [0.2, 0.25) is 0 Å². The minimum Gasteiger partial charge on any atom is -0.487 e. The summed E-state index contributed by atoms with van der Waals surface area (Å²) in [5, 5.41) is 24.5. The Bertz CT molecular complexity index is 2020. The molecule has 3 N–H and O–H groups in total. The van der Waals surface area contributed by atoms with Crippen molar-refractivity contribution in [3.63, 3.8) is 0 Å². The molecule has 0 aliphatic rings. The third-order valence-corrected chi connectivity index (χ3v) is 12.3. The summed E-state index contributed by atoms with van der Waals surface area (Å²) in [6.07, 6.45) is 2.03. The average molecular weight is 1340 g/mol. The smallest absolute Gasteiger partial charge is 0.338 e. The third kappa shape index (κ3) is 43.2. The van der Waals surface area contributed by atoms with E-state index in [2.05, 4.69) is 12.2 Å². The van der Waals surface area contributed by atoms with Crippen LogP contribution in [0.5, 0.6) is 34.5 Å². The highest BCUT2D eigenvalue weighted by atomic mass is 16.6. The van der Waals surface area contributed by atoms with Crippen LogP contribution in [0.1, 0.15) is 40.5 Å². The largest absolute Gasteiger partial charge is 0.487 e. The van der Waals surface area contributed by atoms with E-state index in [9.17, 15) is 19.8 Å². The lowest BCUT2D eigenvalue weighted by Gasteiger charge is -2.30. The van der Waals surface area contributed by atoms with Crippen molar-refractivity contribution >= 4 is 11.9 Å². The second-order valence-electron chi connectivity index (χ2n) is 19.6. The van der Waals surface area contributed by atoms with Crippen LogP contribution in [0.3, 0.4) is 0 Å². The van der Waals surface area contributed by atoms with Gasteiger partial charge in [-0.3, -0.25) is 4.79 Å². The summed E-state index contributed by atoms with van der Waals surface area (Å²) in [5.74, 6) is -1.19. The molecule has 30 nitrogen and oxygen atoms in total. The van der Waals surface area contributed by atoms with E-state index in [4.69, 9.17) is 118 Å². The SMILES string of the molecule is CCCCOCCOCCOCCOc1cc(C(=O)OCC(CO)(CO)NC(=O)c2cc(OCCOCCOCCOC)c(OCCOCCOCCOC)c(OCCOCCOCCOC)c2)cc(OCCOCCOCCOC)c1OCCOCCOCCOC. The molecule has 1 amide bonds. The number of nitrogens with one attached hydrogen (secondary N) is 1. The van der Waals surface area contributed by atoms with Gasteiger partial charge in [0.2, 0.25) is 11.5 Å². The number of rotatable bonds is 70. The maximum absolute atomic E-state index is 14.5. The zero-order chi connectivity index (χ0) is 67.2. The van der Waals surface area contributed by atoms with Gasteiger partial charge in [-0.1, -0.05) is 13.3 Å². The van der Waals surface area contributed by atoms with Crippen LogP contribution in [-0.4, -0.2) is 327 Å². The second kappa shape index (κ2) is 61.0. The van der Waals surface area contributed by atoms with E-state index >= 15 is 0 Å². The predicted molar refractivity (Wildman–Crippen MR) is 335 cm³/mol. The minimum absolute atomic E-state index is 0.00152. The second-order valence-corrected chi connectivity index (χ2v) is 19.6. The van der Waals surface area contributed by atoms with Crippen molar-refractivity contribution < 1.29 is 138 Å². The Morgan fingerprint density at radius 2 is 0.570 bits per heavy atom. The first-order valence-electron chi connectivity index (χ1n) is 31.6. The molecule has 0 fully saturated rings. The fourth-order valence-corrected chi connectivity index (χ4v) is 7.33. The van der Waals surface area contributed by atoms with Crippen LogP contribution in [0.25, 0.3) is 0 Å². The van der Waals surface area contributed by atoms with Gasteiger partial charge >= 0.3 is 5.97 Å². The van der Waals surface area contributed by atoms with Crippen molar-refractivity contribution in [3.8, 4) is 34.5 Å². The standard InChI is InChI=1S/C63H109NO29/c1-7-8-9-74-20-21-80-27-33-84-37-43-90-58-49-54(48-57(89-42-36-83-30-24-77-17-12-71-4)60(58)92-45-39-86-32-26-79-19-14-73-6)62(68)93-52-63(50-65,51-66)64-61(67)53-46-55(87-40-34-81-28-22-75-15-10-69-2)59(91-44-38-85-31-25-78-18-13-72-5)56(47-53)88-41-35-82-29-23-76-16-11-70-3/h46-49,65-66H,7-45,50-52H2,1-6H3,(H,64,67). The summed E-state index contributed by atoms with van der Waals surface area (Å²) in [6, 6.07) is 5.59. The summed E-state index contributed by atoms with van der Waals surface area (Å²) in [5.41, 5.74) is -2.10. The Hall–Kier alpha value is -4.62. The molecule has 2 aromatic rings. The fraction of sp³-hybridized carbons (Fsp3) is 0.778. The minimum atomic E-state index is -1.96. The Labute approximate surface area is 548 Å². The molecule has 0 unspecified atom stereocenters. The van der Waals surface area contributed by atoms with Gasteiger partial charge in [0, 0.05) is 47.7 Å². The number of carbonyl (C=O) groups is 2.